The second-order valence-electron chi connectivity index (χ2n) is 6.19. The van der Waals surface area contributed by atoms with Crippen LogP contribution in [0.3, 0.4) is 0 Å². The van der Waals surface area contributed by atoms with E-state index in [-0.39, 0.29) is 0 Å². The Kier molecular flexibility index (Phi) is 6.58. The van der Waals surface area contributed by atoms with Gasteiger partial charge in [0, 0.05) is 6.61 Å². The van der Waals surface area contributed by atoms with E-state index >= 15 is 0 Å². The third-order valence-electron chi connectivity index (χ3n) is 2.60. The van der Waals surface area contributed by atoms with Crippen molar-refractivity contribution < 1.29 is 4.43 Å². The zero-order chi connectivity index (χ0) is 12.1. The highest BCUT2D eigenvalue weighted by atomic mass is 28.4. The lowest BCUT2D eigenvalue weighted by atomic mass is 10.3. The van der Waals surface area contributed by atoms with Crippen LogP contribution in [0.2, 0.25) is 39.3 Å². The second kappa shape index (κ2) is 6.34. The molecule has 0 aliphatic heterocycles. The predicted octanol–water partition coefficient (Wildman–Crippen LogP) is 2.04. The van der Waals surface area contributed by atoms with Crippen LogP contribution in [0.15, 0.2) is 0 Å². The Morgan fingerprint density at radius 3 is 1.73 bits per heavy atom. The molecule has 92 valence electrons. The molecular formula is C10H29NOSi3. The Morgan fingerprint density at radius 1 is 0.933 bits per heavy atom. The molecule has 0 radical (unpaired) electrons. The van der Waals surface area contributed by atoms with Gasteiger partial charge < -0.3 is 8.66 Å². The standard InChI is InChI=1S/C10H29NOSi3/c1-14(2,3)11(15(4,5)6)9-7-8-10-12-13/h7-10H2,1-6,13H3. The summed E-state index contributed by atoms with van der Waals surface area (Å²) in [4.78, 5) is 0. The fourth-order valence-electron chi connectivity index (χ4n) is 2.19. The highest BCUT2D eigenvalue weighted by molar-refractivity contribution is 6.89. The van der Waals surface area contributed by atoms with Gasteiger partial charge in [-0.15, -0.1) is 0 Å². The van der Waals surface area contributed by atoms with Crippen LogP contribution in [0.1, 0.15) is 12.8 Å². The Hall–Kier alpha value is 0.571. The van der Waals surface area contributed by atoms with Crippen molar-refractivity contribution in [3.05, 3.63) is 0 Å². The van der Waals surface area contributed by atoms with Crippen LogP contribution < -0.4 is 0 Å². The minimum atomic E-state index is -1.12. The summed E-state index contributed by atoms with van der Waals surface area (Å²) < 4.78 is 8.09. The third kappa shape index (κ3) is 6.68. The summed E-state index contributed by atoms with van der Waals surface area (Å²) in [5.41, 5.74) is 0. The fourth-order valence-corrected chi connectivity index (χ4v) is 12.2. The van der Waals surface area contributed by atoms with E-state index in [9.17, 15) is 0 Å². The zero-order valence-electron chi connectivity index (χ0n) is 11.7. The molecule has 0 atom stereocenters. The molecule has 0 aliphatic rings. The third-order valence-corrected chi connectivity index (χ3v) is 10.7. The predicted molar refractivity (Wildman–Crippen MR) is 78.5 cm³/mol. The monoisotopic (exact) mass is 263 g/mol. The van der Waals surface area contributed by atoms with E-state index < -0.39 is 16.5 Å². The summed E-state index contributed by atoms with van der Waals surface area (Å²) in [7, 11) is -1.35. The Bertz CT molecular complexity index is 160. The molecule has 0 unspecified atom stereocenters. The lowest BCUT2D eigenvalue weighted by Crippen LogP contribution is -2.59. The van der Waals surface area contributed by atoms with Crippen LogP contribution in [0, 0.1) is 0 Å². The van der Waals surface area contributed by atoms with Crippen molar-refractivity contribution in [1.82, 2.24) is 4.23 Å². The van der Waals surface area contributed by atoms with E-state index in [2.05, 4.69) is 43.5 Å². The van der Waals surface area contributed by atoms with E-state index in [4.69, 9.17) is 4.43 Å². The summed E-state index contributed by atoms with van der Waals surface area (Å²) in [6.07, 6.45) is 2.53. The topological polar surface area (TPSA) is 12.5 Å². The van der Waals surface area contributed by atoms with Gasteiger partial charge in [0.2, 0.25) is 0 Å². The molecule has 0 N–H and O–H groups in total. The highest BCUT2D eigenvalue weighted by Crippen LogP contribution is 2.20. The van der Waals surface area contributed by atoms with Crippen molar-refractivity contribution in [2.45, 2.75) is 52.1 Å². The average molecular weight is 264 g/mol. The molecule has 0 saturated heterocycles. The summed E-state index contributed by atoms with van der Waals surface area (Å²) in [5.74, 6) is 0. The van der Waals surface area contributed by atoms with E-state index in [1.54, 1.807) is 0 Å². The quantitative estimate of drug-likeness (QED) is 0.515. The van der Waals surface area contributed by atoms with Gasteiger partial charge in [0.05, 0.1) is 0 Å². The summed E-state index contributed by atoms with van der Waals surface area (Å²) in [6, 6.07) is 0. The molecule has 15 heavy (non-hydrogen) atoms. The van der Waals surface area contributed by atoms with Crippen LogP contribution in [-0.2, 0) is 4.43 Å². The van der Waals surface area contributed by atoms with Gasteiger partial charge in [-0.3, -0.25) is 0 Å². The normalized spacial score (nSPS) is 13.8. The van der Waals surface area contributed by atoms with Gasteiger partial charge in [0.15, 0.2) is 0 Å². The van der Waals surface area contributed by atoms with E-state index in [1.807, 2.05) is 0 Å². The van der Waals surface area contributed by atoms with Crippen molar-refractivity contribution in [2.75, 3.05) is 13.2 Å². The molecule has 0 spiro atoms. The molecule has 0 fully saturated rings. The molecule has 0 aromatic rings. The number of unbranched alkanes of at least 4 members (excludes halogenated alkanes) is 1. The maximum absolute atomic E-state index is 5.24. The summed E-state index contributed by atoms with van der Waals surface area (Å²) in [6.45, 7) is 17.1. The second-order valence-corrected chi connectivity index (χ2v) is 17.0. The van der Waals surface area contributed by atoms with Crippen LogP contribution >= 0.6 is 0 Å². The molecule has 0 aromatic heterocycles. The molecule has 0 rings (SSSR count). The van der Waals surface area contributed by atoms with Gasteiger partial charge in [0.1, 0.15) is 27.0 Å². The summed E-state index contributed by atoms with van der Waals surface area (Å²) in [5, 5.41) is 0. The SMILES string of the molecule is C[Si](C)(C)N(CCCCO[SiH3])[Si](C)(C)C. The molecular weight excluding hydrogens is 234 g/mol. The van der Waals surface area contributed by atoms with Crippen molar-refractivity contribution in [1.29, 1.82) is 0 Å². The molecule has 0 amide bonds. The lowest BCUT2D eigenvalue weighted by Gasteiger charge is -2.43. The van der Waals surface area contributed by atoms with Crippen LogP contribution in [-0.4, -0.2) is 44.3 Å². The molecule has 0 bridgehead atoms. The maximum Gasteiger partial charge on any atom is 0.145 e. The molecule has 2 nitrogen and oxygen atoms in total. The highest BCUT2D eigenvalue weighted by Gasteiger charge is 2.33. The minimum absolute atomic E-state index is 0.888. The lowest BCUT2D eigenvalue weighted by molar-refractivity contribution is 0.331. The van der Waals surface area contributed by atoms with Crippen molar-refractivity contribution in [3.8, 4) is 0 Å². The summed E-state index contributed by atoms with van der Waals surface area (Å²) >= 11 is 0. The van der Waals surface area contributed by atoms with Gasteiger partial charge in [-0.25, -0.2) is 0 Å². The molecule has 0 aromatic carbocycles. The Morgan fingerprint density at radius 2 is 1.40 bits per heavy atom. The van der Waals surface area contributed by atoms with Gasteiger partial charge in [-0.2, -0.15) is 0 Å². The van der Waals surface area contributed by atoms with Crippen LogP contribution in [0.25, 0.3) is 0 Å². The fraction of sp³-hybridized carbons (Fsp3) is 1.00. The van der Waals surface area contributed by atoms with Gasteiger partial charge in [0.25, 0.3) is 0 Å². The smallest absolute Gasteiger partial charge is 0.145 e. The first-order valence-corrected chi connectivity index (χ1v) is 13.7. The molecule has 0 saturated carbocycles. The van der Waals surface area contributed by atoms with Crippen molar-refractivity contribution in [2.24, 2.45) is 0 Å². The zero-order valence-corrected chi connectivity index (χ0v) is 15.7. The number of rotatable bonds is 7. The van der Waals surface area contributed by atoms with Crippen molar-refractivity contribution >= 4 is 27.0 Å². The largest absolute Gasteiger partial charge is 0.428 e. The number of hydrogen-bond acceptors (Lipinski definition) is 2. The van der Waals surface area contributed by atoms with Crippen molar-refractivity contribution in [3.63, 3.8) is 0 Å². The van der Waals surface area contributed by atoms with Gasteiger partial charge >= 0.3 is 0 Å². The molecule has 0 aliphatic carbocycles. The van der Waals surface area contributed by atoms with E-state index in [1.165, 1.54) is 19.4 Å². The van der Waals surface area contributed by atoms with E-state index in [0.717, 1.165) is 17.1 Å². The average Bonchev–Trinajstić information content (AvgIpc) is 1.99. The number of hydrogen-bond donors (Lipinski definition) is 0. The first-order valence-electron chi connectivity index (χ1n) is 5.96. The number of nitrogens with zero attached hydrogens (tertiary/aromatic N) is 1. The van der Waals surface area contributed by atoms with Crippen LogP contribution in [0.5, 0.6) is 0 Å². The first-order chi connectivity index (χ1) is 6.69. The van der Waals surface area contributed by atoms with Crippen LogP contribution in [0.4, 0.5) is 0 Å². The minimum Gasteiger partial charge on any atom is -0.428 e. The Labute approximate surface area is 101 Å². The first kappa shape index (κ1) is 15.6. The van der Waals surface area contributed by atoms with Gasteiger partial charge in [-0.1, -0.05) is 39.3 Å². The molecule has 5 heteroatoms. The Balaban J connectivity index is 4.17. The van der Waals surface area contributed by atoms with Gasteiger partial charge in [-0.05, 0) is 19.4 Å². The van der Waals surface area contributed by atoms with E-state index in [0.29, 0.717) is 0 Å². The molecule has 0 heterocycles. The maximum atomic E-state index is 5.24.